The first kappa shape index (κ1) is 10.6. The lowest BCUT2D eigenvalue weighted by atomic mass is 10.4. The standard InChI is InChI=1S/C9H6BrN5O/c10-7-4-12-6(3-13-7)9(16)15-8-1-2-11-5-14-8/h1-5H,(H,11,14,15,16). The highest BCUT2D eigenvalue weighted by atomic mass is 79.9. The van der Waals surface area contributed by atoms with E-state index in [2.05, 4.69) is 41.2 Å². The van der Waals surface area contributed by atoms with Crippen LogP contribution in [-0.4, -0.2) is 25.8 Å². The van der Waals surface area contributed by atoms with Gasteiger partial charge in [-0.3, -0.25) is 4.79 Å². The SMILES string of the molecule is O=C(Nc1ccncn1)c1cnc(Br)cn1. The van der Waals surface area contributed by atoms with E-state index in [0.29, 0.717) is 10.4 Å². The zero-order valence-corrected chi connectivity index (χ0v) is 9.55. The summed E-state index contributed by atoms with van der Waals surface area (Å²) in [6, 6.07) is 1.59. The summed E-state index contributed by atoms with van der Waals surface area (Å²) in [6.07, 6.45) is 5.72. The Morgan fingerprint density at radius 1 is 1.25 bits per heavy atom. The average molecular weight is 280 g/mol. The van der Waals surface area contributed by atoms with Crippen molar-refractivity contribution in [3.8, 4) is 0 Å². The van der Waals surface area contributed by atoms with Crippen molar-refractivity contribution in [2.24, 2.45) is 0 Å². The van der Waals surface area contributed by atoms with Crippen molar-refractivity contribution < 1.29 is 4.79 Å². The Morgan fingerprint density at radius 3 is 2.75 bits per heavy atom. The molecule has 0 aromatic carbocycles. The van der Waals surface area contributed by atoms with E-state index < -0.39 is 0 Å². The van der Waals surface area contributed by atoms with Crippen LogP contribution < -0.4 is 5.32 Å². The predicted molar refractivity (Wildman–Crippen MR) is 59.7 cm³/mol. The first-order valence-electron chi connectivity index (χ1n) is 4.30. The molecule has 1 amide bonds. The number of halogens is 1. The minimum absolute atomic E-state index is 0.224. The van der Waals surface area contributed by atoms with Gasteiger partial charge in [-0.25, -0.2) is 19.9 Å². The van der Waals surface area contributed by atoms with Gasteiger partial charge in [-0.2, -0.15) is 0 Å². The summed E-state index contributed by atoms with van der Waals surface area (Å²) in [7, 11) is 0. The van der Waals surface area contributed by atoms with Crippen LogP contribution >= 0.6 is 15.9 Å². The van der Waals surface area contributed by atoms with Crippen LogP contribution in [0.4, 0.5) is 5.82 Å². The highest BCUT2D eigenvalue weighted by Gasteiger charge is 2.08. The van der Waals surface area contributed by atoms with Gasteiger partial charge in [0.05, 0.1) is 12.4 Å². The van der Waals surface area contributed by atoms with Gasteiger partial charge in [0.25, 0.3) is 5.91 Å². The van der Waals surface area contributed by atoms with Crippen LogP contribution in [-0.2, 0) is 0 Å². The molecule has 0 fully saturated rings. The molecular formula is C9H6BrN5O. The summed E-state index contributed by atoms with van der Waals surface area (Å²) in [4.78, 5) is 27.0. The van der Waals surface area contributed by atoms with Crippen molar-refractivity contribution in [1.29, 1.82) is 0 Å². The average Bonchev–Trinajstić information content (AvgIpc) is 2.31. The maximum Gasteiger partial charge on any atom is 0.277 e. The molecule has 80 valence electrons. The maximum absolute atomic E-state index is 11.6. The third-order valence-electron chi connectivity index (χ3n) is 1.68. The quantitative estimate of drug-likeness (QED) is 0.896. The Morgan fingerprint density at radius 2 is 2.12 bits per heavy atom. The topological polar surface area (TPSA) is 80.7 Å². The molecule has 0 aliphatic heterocycles. The molecule has 7 heteroatoms. The molecule has 0 bridgehead atoms. The van der Waals surface area contributed by atoms with Gasteiger partial charge in [0.15, 0.2) is 0 Å². The molecule has 0 saturated heterocycles. The molecule has 0 spiro atoms. The number of amides is 1. The Labute approximate surface area is 99.3 Å². The molecule has 1 N–H and O–H groups in total. The lowest BCUT2D eigenvalue weighted by Gasteiger charge is -2.02. The zero-order chi connectivity index (χ0) is 11.4. The number of hydrogen-bond acceptors (Lipinski definition) is 5. The van der Waals surface area contributed by atoms with E-state index in [1.54, 1.807) is 6.07 Å². The number of nitrogens with one attached hydrogen (secondary N) is 1. The van der Waals surface area contributed by atoms with Crippen molar-refractivity contribution in [1.82, 2.24) is 19.9 Å². The van der Waals surface area contributed by atoms with E-state index in [1.807, 2.05) is 0 Å². The van der Waals surface area contributed by atoms with Gasteiger partial charge < -0.3 is 5.32 Å². The fraction of sp³-hybridized carbons (Fsp3) is 0. The zero-order valence-electron chi connectivity index (χ0n) is 7.96. The number of carbonyl (C=O) groups excluding carboxylic acids is 1. The van der Waals surface area contributed by atoms with Crippen LogP contribution in [0.5, 0.6) is 0 Å². The molecule has 6 nitrogen and oxygen atoms in total. The molecule has 0 saturated carbocycles. The lowest BCUT2D eigenvalue weighted by molar-refractivity contribution is 0.102. The van der Waals surface area contributed by atoms with E-state index >= 15 is 0 Å². The number of carbonyl (C=O) groups is 1. The molecule has 0 radical (unpaired) electrons. The van der Waals surface area contributed by atoms with Gasteiger partial charge in [-0.1, -0.05) is 0 Å². The van der Waals surface area contributed by atoms with Crippen molar-refractivity contribution in [3.63, 3.8) is 0 Å². The van der Waals surface area contributed by atoms with Crippen molar-refractivity contribution in [3.05, 3.63) is 41.3 Å². The smallest absolute Gasteiger partial charge is 0.277 e. The molecule has 0 unspecified atom stereocenters. The van der Waals surface area contributed by atoms with Crippen molar-refractivity contribution >= 4 is 27.7 Å². The van der Waals surface area contributed by atoms with Gasteiger partial charge in [0, 0.05) is 6.20 Å². The van der Waals surface area contributed by atoms with E-state index in [-0.39, 0.29) is 11.6 Å². The molecule has 2 aromatic heterocycles. The van der Waals surface area contributed by atoms with Crippen LogP contribution in [0, 0.1) is 0 Å². The predicted octanol–water partition coefficient (Wildman–Crippen LogP) is 1.28. The Kier molecular flexibility index (Phi) is 3.16. The Balaban J connectivity index is 2.12. The van der Waals surface area contributed by atoms with Crippen molar-refractivity contribution in [2.75, 3.05) is 5.32 Å². The highest BCUT2D eigenvalue weighted by molar-refractivity contribution is 9.10. The second-order valence-electron chi connectivity index (χ2n) is 2.77. The summed E-state index contributed by atoms with van der Waals surface area (Å²) in [5.74, 6) is 0.0587. The fourth-order valence-corrected chi connectivity index (χ4v) is 1.18. The van der Waals surface area contributed by atoms with Crippen molar-refractivity contribution in [2.45, 2.75) is 0 Å². The fourth-order valence-electron chi connectivity index (χ4n) is 0.975. The summed E-state index contributed by atoms with van der Waals surface area (Å²) in [6.45, 7) is 0. The number of aromatic nitrogens is 4. The van der Waals surface area contributed by atoms with E-state index in [4.69, 9.17) is 0 Å². The van der Waals surface area contributed by atoms with Crippen LogP contribution in [0.25, 0.3) is 0 Å². The van der Waals surface area contributed by atoms with E-state index in [9.17, 15) is 4.79 Å². The first-order valence-corrected chi connectivity index (χ1v) is 5.10. The summed E-state index contributed by atoms with van der Waals surface area (Å²) in [5, 5.41) is 2.57. The van der Waals surface area contributed by atoms with E-state index in [1.165, 1.54) is 24.9 Å². The minimum Gasteiger partial charge on any atom is -0.305 e. The van der Waals surface area contributed by atoms with Gasteiger partial charge in [0.2, 0.25) is 0 Å². The Bertz CT molecular complexity index is 487. The van der Waals surface area contributed by atoms with Crippen LogP contribution in [0.1, 0.15) is 10.5 Å². The third kappa shape index (κ3) is 2.57. The second-order valence-corrected chi connectivity index (χ2v) is 3.59. The van der Waals surface area contributed by atoms with E-state index in [0.717, 1.165) is 0 Å². The van der Waals surface area contributed by atoms with Gasteiger partial charge >= 0.3 is 0 Å². The first-order chi connectivity index (χ1) is 7.75. The second kappa shape index (κ2) is 4.75. The summed E-state index contributed by atoms with van der Waals surface area (Å²) < 4.78 is 0.575. The number of nitrogens with zero attached hydrogens (tertiary/aromatic N) is 4. The van der Waals surface area contributed by atoms with Gasteiger partial charge in [-0.15, -0.1) is 0 Å². The number of hydrogen-bond donors (Lipinski definition) is 1. The molecule has 2 heterocycles. The van der Waals surface area contributed by atoms with Crippen LogP contribution in [0.15, 0.2) is 35.6 Å². The molecule has 16 heavy (non-hydrogen) atoms. The minimum atomic E-state index is -0.362. The van der Waals surface area contributed by atoms with Crippen LogP contribution in [0.2, 0.25) is 0 Å². The normalized spacial score (nSPS) is 9.81. The molecule has 0 atom stereocenters. The largest absolute Gasteiger partial charge is 0.305 e. The molecular weight excluding hydrogens is 274 g/mol. The highest BCUT2D eigenvalue weighted by Crippen LogP contribution is 2.05. The molecule has 0 aliphatic rings. The molecule has 0 aliphatic carbocycles. The third-order valence-corrected chi connectivity index (χ3v) is 2.09. The molecule has 2 rings (SSSR count). The lowest BCUT2D eigenvalue weighted by Crippen LogP contribution is -2.14. The monoisotopic (exact) mass is 279 g/mol. The van der Waals surface area contributed by atoms with Gasteiger partial charge in [-0.05, 0) is 22.0 Å². The maximum atomic E-state index is 11.6. The van der Waals surface area contributed by atoms with Gasteiger partial charge in [0.1, 0.15) is 22.4 Å². The summed E-state index contributed by atoms with van der Waals surface area (Å²) >= 11 is 3.14. The number of anilines is 1. The summed E-state index contributed by atoms with van der Waals surface area (Å²) in [5.41, 5.74) is 0.224. The molecule has 2 aromatic rings. The number of rotatable bonds is 2. The Hall–Kier alpha value is -1.89. The van der Waals surface area contributed by atoms with Crippen LogP contribution in [0.3, 0.4) is 0 Å².